The molecule has 0 atom stereocenters. The second-order valence-electron chi connectivity index (χ2n) is 3.03. The normalized spacial score (nSPS) is 10.9. The number of esters is 1. The summed E-state index contributed by atoms with van der Waals surface area (Å²) in [5.74, 6) is -0.450. The van der Waals surface area contributed by atoms with Crippen LogP contribution in [0.5, 0.6) is 5.75 Å². The van der Waals surface area contributed by atoms with Gasteiger partial charge in [-0.1, -0.05) is 6.58 Å². The van der Waals surface area contributed by atoms with Crippen LogP contribution in [0.3, 0.4) is 0 Å². The van der Waals surface area contributed by atoms with E-state index in [9.17, 15) is 13.2 Å². The van der Waals surface area contributed by atoms with Gasteiger partial charge in [0.25, 0.3) is 10.1 Å². The highest BCUT2D eigenvalue weighted by Crippen LogP contribution is 2.21. The molecule has 1 aromatic carbocycles. The third-order valence-electron chi connectivity index (χ3n) is 1.81. The van der Waals surface area contributed by atoms with E-state index in [2.05, 4.69) is 6.58 Å². The topological polar surface area (TPSA) is 80.7 Å². The Morgan fingerprint density at radius 2 is 2.12 bits per heavy atom. The van der Waals surface area contributed by atoms with Crippen molar-refractivity contribution in [1.29, 1.82) is 0 Å². The van der Waals surface area contributed by atoms with Crippen molar-refractivity contribution in [2.45, 2.75) is 11.8 Å². The van der Waals surface area contributed by atoms with Crippen molar-refractivity contribution in [3.63, 3.8) is 0 Å². The summed E-state index contributed by atoms with van der Waals surface area (Å²) in [5.41, 5.74) is 0.289. The van der Waals surface area contributed by atoms with Crippen molar-refractivity contribution >= 4 is 16.1 Å². The third-order valence-corrected chi connectivity index (χ3v) is 2.82. The van der Waals surface area contributed by atoms with Crippen molar-refractivity contribution < 1.29 is 22.5 Å². The molecule has 0 aliphatic carbocycles. The Hall–Kier alpha value is -1.66. The zero-order valence-electron chi connectivity index (χ0n) is 8.50. The summed E-state index contributed by atoms with van der Waals surface area (Å²) in [7, 11) is -4.24. The van der Waals surface area contributed by atoms with Gasteiger partial charge in [0, 0.05) is 6.08 Å². The summed E-state index contributed by atoms with van der Waals surface area (Å²) in [6.07, 6.45) is 0.992. The van der Waals surface area contributed by atoms with Gasteiger partial charge in [0.2, 0.25) is 0 Å². The number of aryl methyl sites for hydroxylation is 1. The molecule has 0 aliphatic heterocycles. The second-order valence-corrected chi connectivity index (χ2v) is 4.42. The molecule has 0 amide bonds. The van der Waals surface area contributed by atoms with Gasteiger partial charge in [-0.3, -0.25) is 4.55 Å². The highest BCUT2D eigenvalue weighted by atomic mass is 32.2. The SMILES string of the molecule is C=CC(=O)Oc1ccc(S(=O)(=O)O)c(C)c1. The van der Waals surface area contributed by atoms with Gasteiger partial charge in [-0.15, -0.1) is 0 Å². The molecule has 5 nitrogen and oxygen atoms in total. The lowest BCUT2D eigenvalue weighted by Gasteiger charge is -2.05. The van der Waals surface area contributed by atoms with Crippen LogP contribution in [0.25, 0.3) is 0 Å². The number of hydrogen-bond acceptors (Lipinski definition) is 4. The molecule has 0 radical (unpaired) electrons. The van der Waals surface area contributed by atoms with E-state index in [-0.39, 0.29) is 16.2 Å². The minimum Gasteiger partial charge on any atom is -0.423 e. The average molecular weight is 242 g/mol. The Balaban J connectivity index is 3.10. The molecular weight excluding hydrogens is 232 g/mol. The lowest BCUT2D eigenvalue weighted by molar-refractivity contribution is -0.128. The van der Waals surface area contributed by atoms with Crippen molar-refractivity contribution in [2.24, 2.45) is 0 Å². The summed E-state index contributed by atoms with van der Waals surface area (Å²) in [5, 5.41) is 0. The summed E-state index contributed by atoms with van der Waals surface area (Å²) in [6.45, 7) is 4.71. The van der Waals surface area contributed by atoms with Gasteiger partial charge in [-0.25, -0.2) is 4.79 Å². The molecule has 0 heterocycles. The largest absolute Gasteiger partial charge is 0.423 e. The molecule has 0 aromatic heterocycles. The zero-order chi connectivity index (χ0) is 12.3. The quantitative estimate of drug-likeness (QED) is 0.374. The van der Waals surface area contributed by atoms with E-state index in [1.165, 1.54) is 19.1 Å². The van der Waals surface area contributed by atoms with Gasteiger partial charge >= 0.3 is 5.97 Å². The molecule has 0 spiro atoms. The van der Waals surface area contributed by atoms with E-state index >= 15 is 0 Å². The molecule has 6 heteroatoms. The van der Waals surface area contributed by atoms with Gasteiger partial charge in [0.05, 0.1) is 4.90 Å². The van der Waals surface area contributed by atoms with E-state index < -0.39 is 16.1 Å². The van der Waals surface area contributed by atoms with Crippen LogP contribution in [0.15, 0.2) is 35.7 Å². The Morgan fingerprint density at radius 1 is 1.50 bits per heavy atom. The summed E-state index contributed by atoms with van der Waals surface area (Å²) in [4.78, 5) is 10.6. The van der Waals surface area contributed by atoms with Gasteiger partial charge in [-0.2, -0.15) is 8.42 Å². The van der Waals surface area contributed by atoms with Crippen LogP contribution >= 0.6 is 0 Å². The Bertz CT molecular complexity index is 530. The fourth-order valence-electron chi connectivity index (χ4n) is 1.13. The van der Waals surface area contributed by atoms with Crippen LogP contribution in [-0.4, -0.2) is 18.9 Å². The van der Waals surface area contributed by atoms with E-state index in [0.717, 1.165) is 12.1 Å². The van der Waals surface area contributed by atoms with Gasteiger partial charge < -0.3 is 4.74 Å². The van der Waals surface area contributed by atoms with Crippen LogP contribution in [-0.2, 0) is 14.9 Å². The maximum atomic E-state index is 10.9. The van der Waals surface area contributed by atoms with E-state index in [0.29, 0.717) is 0 Å². The first kappa shape index (κ1) is 12.4. The summed E-state index contributed by atoms with van der Waals surface area (Å²) in [6, 6.07) is 3.78. The number of carbonyl (C=O) groups is 1. The van der Waals surface area contributed by atoms with Gasteiger partial charge in [-0.05, 0) is 30.7 Å². The van der Waals surface area contributed by atoms with E-state index in [4.69, 9.17) is 9.29 Å². The second kappa shape index (κ2) is 4.46. The summed E-state index contributed by atoms with van der Waals surface area (Å²) < 4.78 is 35.4. The maximum absolute atomic E-state index is 10.9. The third kappa shape index (κ3) is 2.91. The van der Waals surface area contributed by atoms with Crippen molar-refractivity contribution in [2.75, 3.05) is 0 Å². The average Bonchev–Trinajstić information content (AvgIpc) is 2.15. The van der Waals surface area contributed by atoms with Crippen molar-refractivity contribution in [1.82, 2.24) is 0 Å². The maximum Gasteiger partial charge on any atom is 0.335 e. The van der Waals surface area contributed by atoms with Crippen LogP contribution in [0.2, 0.25) is 0 Å². The molecule has 16 heavy (non-hydrogen) atoms. The molecule has 0 saturated carbocycles. The predicted molar refractivity (Wildman–Crippen MR) is 56.8 cm³/mol. The van der Waals surface area contributed by atoms with Crippen LogP contribution < -0.4 is 4.74 Å². The molecule has 1 aromatic rings. The fraction of sp³-hybridized carbons (Fsp3) is 0.100. The minimum atomic E-state index is -4.24. The van der Waals surface area contributed by atoms with E-state index in [1.54, 1.807) is 0 Å². The first-order valence-corrected chi connectivity index (χ1v) is 5.71. The Labute approximate surface area is 93.1 Å². The first-order chi connectivity index (χ1) is 7.34. The standard InChI is InChI=1S/C10H10O5S/c1-3-10(11)15-8-4-5-9(7(2)6-8)16(12,13)14/h3-6H,1H2,2H3,(H,12,13,14). The van der Waals surface area contributed by atoms with Crippen molar-refractivity contribution in [3.05, 3.63) is 36.4 Å². The number of hydrogen-bond donors (Lipinski definition) is 1. The molecule has 0 fully saturated rings. The van der Waals surface area contributed by atoms with Crippen LogP contribution in [0.1, 0.15) is 5.56 Å². The van der Waals surface area contributed by atoms with Gasteiger partial charge in [0.1, 0.15) is 5.75 Å². The lowest BCUT2D eigenvalue weighted by atomic mass is 10.2. The first-order valence-electron chi connectivity index (χ1n) is 4.27. The number of benzene rings is 1. The highest BCUT2D eigenvalue weighted by molar-refractivity contribution is 7.85. The molecule has 1 rings (SSSR count). The molecule has 0 aliphatic rings. The Morgan fingerprint density at radius 3 is 2.56 bits per heavy atom. The molecule has 0 bridgehead atoms. The highest BCUT2D eigenvalue weighted by Gasteiger charge is 2.13. The van der Waals surface area contributed by atoms with E-state index in [1.807, 2.05) is 0 Å². The fourth-order valence-corrected chi connectivity index (χ4v) is 1.84. The molecule has 86 valence electrons. The predicted octanol–water partition coefficient (Wildman–Crippen LogP) is 1.33. The molecular formula is C10H10O5S. The van der Waals surface area contributed by atoms with Gasteiger partial charge in [0.15, 0.2) is 0 Å². The number of carbonyl (C=O) groups excluding carboxylic acids is 1. The zero-order valence-corrected chi connectivity index (χ0v) is 9.32. The Kier molecular flexibility index (Phi) is 3.46. The van der Waals surface area contributed by atoms with Crippen LogP contribution in [0.4, 0.5) is 0 Å². The molecule has 1 N–H and O–H groups in total. The van der Waals surface area contributed by atoms with Crippen LogP contribution in [0, 0.1) is 6.92 Å². The number of rotatable bonds is 3. The minimum absolute atomic E-state index is 0.190. The van der Waals surface area contributed by atoms with Crippen molar-refractivity contribution in [3.8, 4) is 5.75 Å². The number of ether oxygens (including phenoxy) is 1. The summed E-state index contributed by atoms with van der Waals surface area (Å²) >= 11 is 0. The molecule has 0 saturated heterocycles. The monoisotopic (exact) mass is 242 g/mol. The smallest absolute Gasteiger partial charge is 0.335 e. The molecule has 0 unspecified atom stereocenters. The lowest BCUT2D eigenvalue weighted by Crippen LogP contribution is -2.05.